The van der Waals surface area contributed by atoms with Crippen molar-refractivity contribution in [3.63, 3.8) is 0 Å². The molecule has 3 nitrogen and oxygen atoms in total. The van der Waals surface area contributed by atoms with E-state index in [0.29, 0.717) is 22.3 Å². The van der Waals surface area contributed by atoms with Crippen molar-refractivity contribution in [1.29, 1.82) is 0 Å². The van der Waals surface area contributed by atoms with E-state index in [-0.39, 0.29) is 11.9 Å². The topological polar surface area (TPSA) is 32.3 Å². The van der Waals surface area contributed by atoms with E-state index in [2.05, 4.69) is 34.5 Å². The van der Waals surface area contributed by atoms with Crippen LogP contribution >= 0.6 is 23.2 Å². The number of halogens is 2. The smallest absolute Gasteiger partial charge is 0.238 e. The van der Waals surface area contributed by atoms with Crippen LogP contribution in [0.25, 0.3) is 0 Å². The third kappa shape index (κ3) is 3.92. The van der Waals surface area contributed by atoms with Gasteiger partial charge in [0.25, 0.3) is 0 Å². The summed E-state index contributed by atoms with van der Waals surface area (Å²) in [6.07, 6.45) is 3.33. The second-order valence-electron chi connectivity index (χ2n) is 6.19. The van der Waals surface area contributed by atoms with E-state index in [4.69, 9.17) is 23.2 Å². The number of rotatable bonds is 4. The SMILES string of the molecule is CN(CC(=O)Nc1cc(Cl)ccc1Cl)[C@H]1CCCc2ccccc21. The summed E-state index contributed by atoms with van der Waals surface area (Å²) >= 11 is 12.1. The average Bonchev–Trinajstić information content (AvgIpc) is 2.57. The first-order valence-corrected chi connectivity index (χ1v) is 8.83. The molecule has 24 heavy (non-hydrogen) atoms. The number of nitrogens with zero attached hydrogens (tertiary/aromatic N) is 1. The molecule has 2 aromatic rings. The number of carbonyl (C=O) groups excluding carboxylic acids is 1. The molecular formula is C19H20Cl2N2O. The molecule has 2 aromatic carbocycles. The average molecular weight is 363 g/mol. The van der Waals surface area contributed by atoms with Gasteiger partial charge in [0.2, 0.25) is 5.91 Å². The second-order valence-corrected chi connectivity index (χ2v) is 7.04. The lowest BCUT2D eigenvalue weighted by molar-refractivity contribution is -0.117. The van der Waals surface area contributed by atoms with Gasteiger partial charge in [-0.05, 0) is 55.6 Å². The van der Waals surface area contributed by atoms with Crippen molar-refractivity contribution in [3.8, 4) is 0 Å². The number of fused-ring (bicyclic) bond motifs is 1. The lowest BCUT2D eigenvalue weighted by atomic mass is 9.87. The third-order valence-electron chi connectivity index (χ3n) is 4.47. The Morgan fingerprint density at radius 2 is 2.04 bits per heavy atom. The fourth-order valence-corrected chi connectivity index (χ4v) is 3.64. The third-order valence-corrected chi connectivity index (χ3v) is 5.03. The number of hydrogen-bond acceptors (Lipinski definition) is 2. The number of likely N-dealkylation sites (N-methyl/N-ethyl adjacent to an activating group) is 1. The van der Waals surface area contributed by atoms with Gasteiger partial charge >= 0.3 is 0 Å². The number of anilines is 1. The Hall–Kier alpha value is -1.55. The van der Waals surface area contributed by atoms with Gasteiger partial charge in [0.05, 0.1) is 17.3 Å². The largest absolute Gasteiger partial charge is 0.324 e. The standard InChI is InChI=1S/C19H20Cl2N2O/c1-23(18-8-4-6-13-5-2-3-7-15(13)18)12-19(24)22-17-11-14(20)9-10-16(17)21/h2-3,5,7,9-11,18H,4,6,8,12H2,1H3,(H,22,24)/t18-/m0/s1. The van der Waals surface area contributed by atoms with Gasteiger partial charge in [-0.1, -0.05) is 47.5 Å². The first kappa shape index (κ1) is 17.3. The number of aryl methyl sites for hydroxylation is 1. The van der Waals surface area contributed by atoms with Crippen molar-refractivity contribution < 1.29 is 4.79 Å². The van der Waals surface area contributed by atoms with Gasteiger partial charge < -0.3 is 5.32 Å². The van der Waals surface area contributed by atoms with Crippen molar-refractivity contribution in [3.05, 3.63) is 63.6 Å². The van der Waals surface area contributed by atoms with E-state index >= 15 is 0 Å². The summed E-state index contributed by atoms with van der Waals surface area (Å²) in [5.41, 5.74) is 3.27. The van der Waals surface area contributed by atoms with Gasteiger partial charge in [0, 0.05) is 11.1 Å². The van der Waals surface area contributed by atoms with Gasteiger partial charge in [-0.3, -0.25) is 9.69 Å². The lowest BCUT2D eigenvalue weighted by Crippen LogP contribution is -2.34. The predicted octanol–water partition coefficient (Wildman–Crippen LogP) is 4.94. The molecule has 0 saturated carbocycles. The first-order chi connectivity index (χ1) is 11.5. The van der Waals surface area contributed by atoms with E-state index in [1.165, 1.54) is 11.1 Å². The number of hydrogen-bond donors (Lipinski definition) is 1. The van der Waals surface area contributed by atoms with Gasteiger partial charge in [-0.15, -0.1) is 0 Å². The van der Waals surface area contributed by atoms with E-state index < -0.39 is 0 Å². The monoisotopic (exact) mass is 362 g/mol. The molecule has 0 fully saturated rings. The maximum absolute atomic E-state index is 12.4. The summed E-state index contributed by atoms with van der Waals surface area (Å²) in [4.78, 5) is 14.5. The summed E-state index contributed by atoms with van der Waals surface area (Å²) in [6, 6.07) is 13.8. The molecule has 126 valence electrons. The van der Waals surface area contributed by atoms with Crippen LogP contribution in [0.5, 0.6) is 0 Å². The molecule has 0 spiro atoms. The minimum atomic E-state index is -0.0929. The molecule has 1 aliphatic carbocycles. The highest BCUT2D eigenvalue weighted by Gasteiger charge is 2.24. The van der Waals surface area contributed by atoms with Crippen LogP contribution in [-0.2, 0) is 11.2 Å². The maximum atomic E-state index is 12.4. The van der Waals surface area contributed by atoms with E-state index in [1.54, 1.807) is 18.2 Å². The van der Waals surface area contributed by atoms with Crippen molar-refractivity contribution in [2.75, 3.05) is 18.9 Å². The van der Waals surface area contributed by atoms with Gasteiger partial charge in [0.15, 0.2) is 0 Å². The van der Waals surface area contributed by atoms with E-state index in [1.807, 2.05) is 7.05 Å². The van der Waals surface area contributed by atoms with Crippen LogP contribution in [-0.4, -0.2) is 24.4 Å². The van der Waals surface area contributed by atoms with Gasteiger partial charge in [-0.2, -0.15) is 0 Å². The zero-order valence-electron chi connectivity index (χ0n) is 13.6. The molecule has 0 bridgehead atoms. The molecule has 0 unspecified atom stereocenters. The fourth-order valence-electron chi connectivity index (χ4n) is 3.31. The Morgan fingerprint density at radius 3 is 2.88 bits per heavy atom. The summed E-state index contributed by atoms with van der Waals surface area (Å²) in [6.45, 7) is 0.307. The lowest BCUT2D eigenvalue weighted by Gasteiger charge is -2.32. The molecule has 5 heteroatoms. The first-order valence-electron chi connectivity index (χ1n) is 8.07. The Morgan fingerprint density at radius 1 is 1.25 bits per heavy atom. The summed E-state index contributed by atoms with van der Waals surface area (Å²) in [7, 11) is 1.99. The highest BCUT2D eigenvalue weighted by molar-refractivity contribution is 6.35. The molecule has 1 atom stereocenters. The Kier molecular flexibility index (Phi) is 5.44. The van der Waals surface area contributed by atoms with Crippen LogP contribution in [0.2, 0.25) is 10.0 Å². The van der Waals surface area contributed by atoms with Crippen LogP contribution in [0.4, 0.5) is 5.69 Å². The van der Waals surface area contributed by atoms with Crippen LogP contribution in [0, 0.1) is 0 Å². The van der Waals surface area contributed by atoms with Crippen molar-refractivity contribution >= 4 is 34.8 Å². The van der Waals surface area contributed by atoms with E-state index in [9.17, 15) is 4.79 Å². The molecule has 1 amide bonds. The fraction of sp³-hybridized carbons (Fsp3) is 0.316. The van der Waals surface area contributed by atoms with Crippen LogP contribution in [0.3, 0.4) is 0 Å². The summed E-state index contributed by atoms with van der Waals surface area (Å²) in [5.74, 6) is -0.0929. The quantitative estimate of drug-likeness (QED) is 0.834. The molecule has 0 aromatic heterocycles. The zero-order valence-corrected chi connectivity index (χ0v) is 15.1. The molecule has 0 heterocycles. The number of amides is 1. The minimum absolute atomic E-state index is 0.0929. The van der Waals surface area contributed by atoms with Crippen molar-refractivity contribution in [1.82, 2.24) is 4.90 Å². The van der Waals surface area contributed by atoms with Gasteiger partial charge in [-0.25, -0.2) is 0 Å². The molecule has 0 radical (unpaired) electrons. The highest BCUT2D eigenvalue weighted by Crippen LogP contribution is 2.33. The second kappa shape index (κ2) is 7.56. The van der Waals surface area contributed by atoms with Crippen LogP contribution in [0.15, 0.2) is 42.5 Å². The van der Waals surface area contributed by atoms with Crippen molar-refractivity contribution in [2.24, 2.45) is 0 Å². The highest BCUT2D eigenvalue weighted by atomic mass is 35.5. The number of benzene rings is 2. The van der Waals surface area contributed by atoms with E-state index in [0.717, 1.165) is 19.3 Å². The Labute approximate surface area is 152 Å². The summed E-state index contributed by atoms with van der Waals surface area (Å²) < 4.78 is 0. The van der Waals surface area contributed by atoms with Crippen molar-refractivity contribution in [2.45, 2.75) is 25.3 Å². The summed E-state index contributed by atoms with van der Waals surface area (Å²) in [5, 5.41) is 3.88. The molecular weight excluding hydrogens is 343 g/mol. The molecule has 3 rings (SSSR count). The number of nitrogens with one attached hydrogen (secondary N) is 1. The minimum Gasteiger partial charge on any atom is -0.324 e. The maximum Gasteiger partial charge on any atom is 0.238 e. The molecule has 0 aliphatic heterocycles. The number of carbonyl (C=O) groups is 1. The Balaban J connectivity index is 1.68. The van der Waals surface area contributed by atoms with Crippen LogP contribution < -0.4 is 5.32 Å². The van der Waals surface area contributed by atoms with Gasteiger partial charge in [0.1, 0.15) is 0 Å². The Bertz CT molecular complexity index is 748. The zero-order chi connectivity index (χ0) is 17.1. The molecule has 1 aliphatic rings. The molecule has 1 N–H and O–H groups in total. The predicted molar refractivity (Wildman–Crippen MR) is 99.8 cm³/mol. The normalized spacial score (nSPS) is 16.8. The van der Waals surface area contributed by atoms with Crippen LogP contribution in [0.1, 0.15) is 30.0 Å². The molecule has 0 saturated heterocycles.